The fraction of sp³-hybridized carbons (Fsp3) is 0.250. The molecule has 34 heavy (non-hydrogen) atoms. The van der Waals surface area contributed by atoms with Crippen molar-refractivity contribution in [2.75, 3.05) is 13.1 Å². The maximum atomic E-state index is 12.7. The minimum Gasteiger partial charge on any atom is -0.406 e. The van der Waals surface area contributed by atoms with Gasteiger partial charge in [-0.05, 0) is 47.4 Å². The molecule has 1 aliphatic heterocycles. The van der Waals surface area contributed by atoms with E-state index in [-0.39, 0.29) is 10.9 Å². The fourth-order valence-corrected chi connectivity index (χ4v) is 5.32. The van der Waals surface area contributed by atoms with Crippen LogP contribution in [-0.2, 0) is 16.6 Å². The molecule has 1 aliphatic rings. The zero-order valence-corrected chi connectivity index (χ0v) is 19.5. The quantitative estimate of drug-likeness (QED) is 0.458. The molecule has 0 aliphatic carbocycles. The van der Waals surface area contributed by atoms with E-state index in [9.17, 15) is 21.6 Å². The van der Waals surface area contributed by atoms with Crippen LogP contribution in [-0.4, -0.2) is 38.8 Å². The summed E-state index contributed by atoms with van der Waals surface area (Å²) >= 11 is 5.94. The molecule has 0 radical (unpaired) electrons. The molecule has 3 aromatic rings. The molecule has 5 nitrogen and oxygen atoms in total. The van der Waals surface area contributed by atoms with Gasteiger partial charge in [-0.1, -0.05) is 54.1 Å². The number of alkyl halides is 3. The second kappa shape index (κ2) is 9.95. The summed E-state index contributed by atoms with van der Waals surface area (Å²) in [5, 5.41) is 0.682. The Balaban J connectivity index is 1.34. The Morgan fingerprint density at radius 3 is 2.29 bits per heavy atom. The Labute approximate surface area is 201 Å². The summed E-state index contributed by atoms with van der Waals surface area (Å²) in [4.78, 5) is 1.86. The van der Waals surface area contributed by atoms with Gasteiger partial charge in [-0.25, -0.2) is 13.1 Å². The summed E-state index contributed by atoms with van der Waals surface area (Å²) in [6.45, 7) is 1.86. The zero-order chi connectivity index (χ0) is 24.3. The van der Waals surface area contributed by atoms with Crippen LogP contribution in [0.4, 0.5) is 13.2 Å². The number of benzene rings is 3. The predicted octanol–water partition coefficient (Wildman–Crippen LogP) is 5.46. The minimum atomic E-state index is -4.89. The molecule has 180 valence electrons. The van der Waals surface area contributed by atoms with Gasteiger partial charge in [0.2, 0.25) is 10.0 Å². The van der Waals surface area contributed by atoms with Gasteiger partial charge in [-0.3, -0.25) is 4.90 Å². The molecule has 3 aromatic carbocycles. The average molecular weight is 511 g/mol. The first-order valence-electron chi connectivity index (χ1n) is 10.5. The normalized spacial score (nSPS) is 17.1. The van der Waals surface area contributed by atoms with Gasteiger partial charge in [-0.15, -0.1) is 13.2 Å². The molecule has 1 saturated heterocycles. The predicted molar refractivity (Wildman–Crippen MR) is 124 cm³/mol. The van der Waals surface area contributed by atoms with E-state index in [1.165, 1.54) is 12.1 Å². The van der Waals surface area contributed by atoms with E-state index in [0.717, 1.165) is 28.8 Å². The van der Waals surface area contributed by atoms with E-state index >= 15 is 0 Å². The Hall–Kier alpha value is -2.59. The van der Waals surface area contributed by atoms with Crippen LogP contribution in [0, 0.1) is 0 Å². The van der Waals surface area contributed by atoms with Crippen LogP contribution in [0.25, 0.3) is 11.1 Å². The molecule has 0 aromatic heterocycles. The van der Waals surface area contributed by atoms with Crippen LogP contribution in [0.2, 0.25) is 5.02 Å². The van der Waals surface area contributed by atoms with Crippen LogP contribution < -0.4 is 9.46 Å². The summed E-state index contributed by atoms with van der Waals surface area (Å²) in [5.41, 5.74) is 3.23. The lowest BCUT2D eigenvalue weighted by atomic mass is 10.0. The van der Waals surface area contributed by atoms with Crippen molar-refractivity contribution < 1.29 is 26.3 Å². The van der Waals surface area contributed by atoms with Crippen molar-refractivity contribution in [3.8, 4) is 16.9 Å². The molecule has 0 amide bonds. The van der Waals surface area contributed by atoms with Gasteiger partial charge >= 0.3 is 6.36 Å². The number of hydrogen-bond acceptors (Lipinski definition) is 4. The van der Waals surface area contributed by atoms with E-state index in [1.54, 1.807) is 0 Å². The Kier molecular flexibility index (Phi) is 7.18. The Bertz CT molecular complexity index is 1230. The monoisotopic (exact) mass is 510 g/mol. The third-order valence-electron chi connectivity index (χ3n) is 5.48. The molecule has 0 bridgehead atoms. The molecular weight excluding hydrogens is 489 g/mol. The molecule has 1 heterocycles. The molecule has 1 N–H and O–H groups in total. The second-order valence-electron chi connectivity index (χ2n) is 8.07. The molecule has 0 saturated carbocycles. The van der Waals surface area contributed by atoms with E-state index in [0.29, 0.717) is 31.1 Å². The van der Waals surface area contributed by atoms with Crippen molar-refractivity contribution in [3.63, 3.8) is 0 Å². The second-order valence-corrected chi connectivity index (χ2v) is 10.2. The zero-order valence-electron chi connectivity index (χ0n) is 17.9. The minimum absolute atomic E-state index is 0.273. The molecule has 1 unspecified atom stereocenters. The molecule has 4 rings (SSSR count). The lowest BCUT2D eigenvalue weighted by Gasteiger charge is -2.17. The lowest BCUT2D eigenvalue weighted by molar-refractivity contribution is -0.274. The van der Waals surface area contributed by atoms with Crippen LogP contribution in [0.15, 0.2) is 77.7 Å². The van der Waals surface area contributed by atoms with Gasteiger partial charge in [0.1, 0.15) is 5.75 Å². The number of likely N-dealkylation sites (tertiary alicyclic amines) is 1. The number of nitrogens with one attached hydrogen (secondary N) is 1. The van der Waals surface area contributed by atoms with Crippen molar-refractivity contribution in [3.05, 3.63) is 83.4 Å². The van der Waals surface area contributed by atoms with Gasteiger partial charge in [0.05, 0.1) is 4.90 Å². The smallest absolute Gasteiger partial charge is 0.406 e. The topological polar surface area (TPSA) is 58.6 Å². The van der Waals surface area contributed by atoms with Crippen LogP contribution in [0.5, 0.6) is 5.75 Å². The largest absolute Gasteiger partial charge is 0.573 e. The van der Waals surface area contributed by atoms with Crippen LogP contribution >= 0.6 is 11.6 Å². The van der Waals surface area contributed by atoms with Crippen molar-refractivity contribution >= 4 is 21.6 Å². The average Bonchev–Trinajstić information content (AvgIpc) is 3.20. The lowest BCUT2D eigenvalue weighted by Crippen LogP contribution is -2.37. The van der Waals surface area contributed by atoms with E-state index in [2.05, 4.69) is 14.4 Å². The number of hydrogen-bond donors (Lipinski definition) is 1. The molecule has 1 atom stereocenters. The third kappa shape index (κ3) is 6.50. The maximum Gasteiger partial charge on any atom is 0.573 e. The van der Waals surface area contributed by atoms with Gasteiger partial charge < -0.3 is 4.74 Å². The maximum absolute atomic E-state index is 12.7. The van der Waals surface area contributed by atoms with Crippen LogP contribution in [0.3, 0.4) is 0 Å². The first-order chi connectivity index (χ1) is 16.1. The molecular formula is C24H22ClF3N2O3S. The summed E-state index contributed by atoms with van der Waals surface area (Å²) in [6.07, 6.45) is -4.30. The van der Waals surface area contributed by atoms with E-state index in [4.69, 9.17) is 11.6 Å². The summed E-state index contributed by atoms with van der Waals surface area (Å²) in [7, 11) is -3.99. The highest BCUT2D eigenvalue weighted by molar-refractivity contribution is 7.89. The number of ether oxygens (including phenoxy) is 1. The van der Waals surface area contributed by atoms with Crippen molar-refractivity contribution in [2.24, 2.45) is 0 Å². The van der Waals surface area contributed by atoms with Crippen molar-refractivity contribution in [2.45, 2.75) is 30.3 Å². The van der Waals surface area contributed by atoms with E-state index in [1.807, 2.05) is 48.5 Å². The highest BCUT2D eigenvalue weighted by atomic mass is 35.5. The highest BCUT2D eigenvalue weighted by Crippen LogP contribution is 2.26. The highest BCUT2D eigenvalue weighted by Gasteiger charge is 2.32. The van der Waals surface area contributed by atoms with Gasteiger partial charge in [0.25, 0.3) is 0 Å². The SMILES string of the molecule is O=S(=O)(NC1CCN(Cc2ccc(-c3ccc(Cl)cc3)cc2)C1)c1cccc(OC(F)(F)F)c1. The summed E-state index contributed by atoms with van der Waals surface area (Å²) < 4.78 is 69.1. The van der Waals surface area contributed by atoms with Gasteiger partial charge in [-0.2, -0.15) is 0 Å². The number of rotatable bonds is 7. The first kappa shape index (κ1) is 24.5. The Morgan fingerprint density at radius 2 is 1.65 bits per heavy atom. The molecule has 0 spiro atoms. The number of sulfonamides is 1. The number of halogens is 4. The number of nitrogens with zero attached hydrogens (tertiary/aromatic N) is 1. The van der Waals surface area contributed by atoms with E-state index < -0.39 is 22.1 Å². The Morgan fingerprint density at radius 1 is 1.00 bits per heavy atom. The van der Waals surface area contributed by atoms with Crippen LogP contribution in [0.1, 0.15) is 12.0 Å². The first-order valence-corrected chi connectivity index (χ1v) is 12.4. The standard InChI is InChI=1S/C24H22ClF3N2O3S/c25-20-10-8-19(9-11-20)18-6-4-17(5-7-18)15-30-13-12-21(16-30)29-34(31,32)23-3-1-2-22(14-23)33-24(26,27)28/h1-11,14,21,29H,12-13,15-16H2. The van der Waals surface area contributed by atoms with Gasteiger partial charge in [0, 0.05) is 36.8 Å². The van der Waals surface area contributed by atoms with Gasteiger partial charge in [0.15, 0.2) is 0 Å². The van der Waals surface area contributed by atoms with Crippen molar-refractivity contribution in [1.82, 2.24) is 9.62 Å². The summed E-state index contributed by atoms with van der Waals surface area (Å²) in [6, 6.07) is 19.8. The fourth-order valence-electron chi connectivity index (χ4n) is 3.90. The molecule has 10 heteroatoms. The third-order valence-corrected chi connectivity index (χ3v) is 7.25. The molecule has 1 fully saturated rings. The van der Waals surface area contributed by atoms with Crippen molar-refractivity contribution in [1.29, 1.82) is 0 Å². The summed E-state index contributed by atoms with van der Waals surface area (Å²) in [5.74, 6) is -0.578.